The predicted octanol–water partition coefficient (Wildman–Crippen LogP) is 4.78. The van der Waals surface area contributed by atoms with Crippen LogP contribution in [-0.4, -0.2) is 25.1 Å². The summed E-state index contributed by atoms with van der Waals surface area (Å²) in [6, 6.07) is 12.1. The number of ether oxygens (including phenoxy) is 2. The van der Waals surface area contributed by atoms with E-state index in [4.69, 9.17) is 25.5 Å². The summed E-state index contributed by atoms with van der Waals surface area (Å²) in [5, 5.41) is 14.2. The highest BCUT2D eigenvalue weighted by Gasteiger charge is 2.20. The first-order valence-electron chi connectivity index (χ1n) is 8.01. The summed E-state index contributed by atoms with van der Waals surface area (Å²) in [7, 11) is 2.89. The monoisotopic (exact) mass is 402 g/mol. The van der Waals surface area contributed by atoms with Gasteiger partial charge in [0.15, 0.2) is 5.76 Å². The zero-order valence-electron chi connectivity index (χ0n) is 14.9. The van der Waals surface area contributed by atoms with Crippen molar-refractivity contribution in [3.63, 3.8) is 0 Å². The molecule has 0 unspecified atom stereocenters. The number of anilines is 1. The number of nitrogens with one attached hydrogen (secondary N) is 1. The number of benzene rings is 2. The van der Waals surface area contributed by atoms with E-state index in [-0.39, 0.29) is 22.8 Å². The highest BCUT2D eigenvalue weighted by atomic mass is 35.5. The Kier molecular flexibility index (Phi) is 5.51. The van der Waals surface area contributed by atoms with Crippen molar-refractivity contribution in [2.24, 2.45) is 0 Å². The number of amides is 1. The van der Waals surface area contributed by atoms with Gasteiger partial charge in [-0.15, -0.1) is 0 Å². The van der Waals surface area contributed by atoms with Crippen LogP contribution in [0.15, 0.2) is 52.9 Å². The topological polar surface area (TPSA) is 104 Å². The van der Waals surface area contributed by atoms with Crippen LogP contribution >= 0.6 is 11.6 Å². The summed E-state index contributed by atoms with van der Waals surface area (Å²) in [4.78, 5) is 23.2. The van der Waals surface area contributed by atoms with Crippen LogP contribution in [0.2, 0.25) is 5.02 Å². The molecule has 0 aliphatic heterocycles. The first-order valence-corrected chi connectivity index (χ1v) is 8.39. The summed E-state index contributed by atoms with van der Waals surface area (Å²) >= 11 is 6.05. The second-order valence-corrected chi connectivity index (χ2v) is 5.99. The average molecular weight is 403 g/mol. The molecule has 0 atom stereocenters. The zero-order chi connectivity index (χ0) is 20.3. The number of methoxy groups -OCH3 is 2. The molecule has 0 spiro atoms. The molecule has 2 aromatic carbocycles. The first kappa shape index (κ1) is 19.2. The summed E-state index contributed by atoms with van der Waals surface area (Å²) < 4.78 is 15.9. The lowest BCUT2D eigenvalue weighted by molar-refractivity contribution is -0.384. The Labute approximate surface area is 164 Å². The van der Waals surface area contributed by atoms with Crippen molar-refractivity contribution < 1.29 is 23.6 Å². The van der Waals surface area contributed by atoms with Crippen LogP contribution < -0.4 is 14.8 Å². The molecule has 3 rings (SSSR count). The van der Waals surface area contributed by atoms with E-state index in [2.05, 4.69) is 5.32 Å². The number of rotatable bonds is 6. The van der Waals surface area contributed by atoms with Crippen LogP contribution in [0.25, 0.3) is 11.3 Å². The fourth-order valence-electron chi connectivity index (χ4n) is 2.59. The maximum absolute atomic E-state index is 12.6. The molecule has 0 saturated heterocycles. The minimum Gasteiger partial charge on any atom is -0.495 e. The van der Waals surface area contributed by atoms with Gasteiger partial charge < -0.3 is 19.2 Å². The molecule has 0 aliphatic carbocycles. The largest absolute Gasteiger partial charge is 0.495 e. The van der Waals surface area contributed by atoms with Crippen LogP contribution in [0.4, 0.5) is 11.4 Å². The second kappa shape index (κ2) is 8.01. The normalized spacial score (nSPS) is 10.4. The number of nitrogens with zero attached hydrogens (tertiary/aromatic N) is 1. The number of carbonyl (C=O) groups excluding carboxylic acids is 1. The first-order chi connectivity index (χ1) is 13.4. The second-order valence-electron chi connectivity index (χ2n) is 5.58. The molecule has 0 fully saturated rings. The Balaban J connectivity index is 1.89. The number of para-hydroxylation sites is 1. The number of furan rings is 1. The third-order valence-electron chi connectivity index (χ3n) is 3.92. The lowest BCUT2D eigenvalue weighted by Gasteiger charge is -2.12. The van der Waals surface area contributed by atoms with Crippen molar-refractivity contribution in [3.8, 4) is 22.8 Å². The Morgan fingerprint density at radius 1 is 1.11 bits per heavy atom. The van der Waals surface area contributed by atoms with Gasteiger partial charge in [0.05, 0.1) is 35.4 Å². The minimum absolute atomic E-state index is 0.0240. The van der Waals surface area contributed by atoms with Crippen LogP contribution in [0.3, 0.4) is 0 Å². The van der Waals surface area contributed by atoms with E-state index in [1.54, 1.807) is 18.2 Å². The highest BCUT2D eigenvalue weighted by molar-refractivity contribution is 6.32. The maximum atomic E-state index is 12.6. The van der Waals surface area contributed by atoms with Crippen LogP contribution in [0, 0.1) is 10.1 Å². The van der Waals surface area contributed by atoms with Crippen LogP contribution in [-0.2, 0) is 0 Å². The van der Waals surface area contributed by atoms with E-state index in [1.165, 1.54) is 44.6 Å². The maximum Gasteiger partial charge on any atom is 0.291 e. The standard InChI is InChI=1S/C19H15ClN2O6/c1-26-17-10-13(18(27-2)9-12(17)20)21-19(23)16-8-7-15(28-16)11-5-3-4-6-14(11)22(24)25/h3-10H,1-2H3,(H,21,23). The fraction of sp³-hybridized carbons (Fsp3) is 0.105. The van der Waals surface area contributed by atoms with Crippen molar-refractivity contribution in [2.45, 2.75) is 0 Å². The van der Waals surface area contributed by atoms with Crippen molar-refractivity contribution in [1.29, 1.82) is 0 Å². The number of carbonyl (C=O) groups is 1. The molecule has 144 valence electrons. The van der Waals surface area contributed by atoms with E-state index < -0.39 is 10.8 Å². The molecular formula is C19H15ClN2O6. The number of hydrogen-bond donors (Lipinski definition) is 1. The summed E-state index contributed by atoms with van der Waals surface area (Å²) in [6.45, 7) is 0. The summed E-state index contributed by atoms with van der Waals surface area (Å²) in [6.07, 6.45) is 0. The molecule has 1 amide bonds. The van der Waals surface area contributed by atoms with E-state index in [0.717, 1.165) is 0 Å². The predicted molar refractivity (Wildman–Crippen MR) is 103 cm³/mol. The SMILES string of the molecule is COc1cc(NC(=O)c2ccc(-c3ccccc3[N+](=O)[O-])o2)c(OC)cc1Cl. The summed E-state index contributed by atoms with van der Waals surface area (Å²) in [5.41, 5.74) is 0.489. The Morgan fingerprint density at radius 3 is 2.50 bits per heavy atom. The van der Waals surface area contributed by atoms with E-state index in [9.17, 15) is 14.9 Å². The van der Waals surface area contributed by atoms with Crippen molar-refractivity contribution in [2.75, 3.05) is 19.5 Å². The molecule has 1 heterocycles. The zero-order valence-corrected chi connectivity index (χ0v) is 15.6. The molecule has 3 aromatic rings. The van der Waals surface area contributed by atoms with Gasteiger partial charge in [0.2, 0.25) is 0 Å². The van der Waals surface area contributed by atoms with Gasteiger partial charge in [0, 0.05) is 18.2 Å². The summed E-state index contributed by atoms with van der Waals surface area (Å²) in [5.74, 6) is 0.317. The molecule has 9 heteroatoms. The van der Waals surface area contributed by atoms with Gasteiger partial charge in [0.25, 0.3) is 11.6 Å². The van der Waals surface area contributed by atoms with Gasteiger partial charge in [-0.05, 0) is 18.2 Å². The number of nitro benzene ring substituents is 1. The van der Waals surface area contributed by atoms with Gasteiger partial charge in [-0.25, -0.2) is 0 Å². The van der Waals surface area contributed by atoms with Crippen molar-refractivity contribution in [3.05, 3.63) is 69.4 Å². The molecule has 0 radical (unpaired) electrons. The number of hydrogen-bond acceptors (Lipinski definition) is 6. The molecule has 1 N–H and O–H groups in total. The van der Waals surface area contributed by atoms with Gasteiger partial charge in [-0.2, -0.15) is 0 Å². The molecule has 8 nitrogen and oxygen atoms in total. The highest BCUT2D eigenvalue weighted by Crippen LogP contribution is 2.36. The Morgan fingerprint density at radius 2 is 1.82 bits per heavy atom. The van der Waals surface area contributed by atoms with E-state index in [1.807, 2.05) is 0 Å². The Bertz CT molecular complexity index is 1050. The van der Waals surface area contributed by atoms with Gasteiger partial charge in [-0.3, -0.25) is 14.9 Å². The van der Waals surface area contributed by atoms with Crippen LogP contribution in [0.1, 0.15) is 10.6 Å². The number of halogens is 1. The Hall–Kier alpha value is -3.52. The minimum atomic E-state index is -0.562. The van der Waals surface area contributed by atoms with E-state index in [0.29, 0.717) is 22.2 Å². The van der Waals surface area contributed by atoms with Gasteiger partial charge in [-0.1, -0.05) is 23.7 Å². The smallest absolute Gasteiger partial charge is 0.291 e. The van der Waals surface area contributed by atoms with Crippen molar-refractivity contribution >= 4 is 28.9 Å². The molecule has 1 aromatic heterocycles. The lowest BCUT2D eigenvalue weighted by Crippen LogP contribution is -2.12. The fourth-order valence-corrected chi connectivity index (χ4v) is 2.82. The third kappa shape index (κ3) is 3.77. The molecule has 0 bridgehead atoms. The van der Waals surface area contributed by atoms with Crippen molar-refractivity contribution in [1.82, 2.24) is 0 Å². The van der Waals surface area contributed by atoms with Gasteiger partial charge in [0.1, 0.15) is 17.3 Å². The third-order valence-corrected chi connectivity index (χ3v) is 4.21. The van der Waals surface area contributed by atoms with Gasteiger partial charge >= 0.3 is 0 Å². The molecular weight excluding hydrogens is 388 g/mol. The quantitative estimate of drug-likeness (QED) is 0.470. The average Bonchev–Trinajstić information content (AvgIpc) is 3.19. The molecule has 0 saturated carbocycles. The lowest BCUT2D eigenvalue weighted by atomic mass is 10.1. The molecule has 0 aliphatic rings. The van der Waals surface area contributed by atoms with E-state index >= 15 is 0 Å². The molecule has 28 heavy (non-hydrogen) atoms. The van der Waals surface area contributed by atoms with Crippen LogP contribution in [0.5, 0.6) is 11.5 Å². The number of nitro groups is 1.